The molecule has 5 heteroatoms. The van der Waals surface area contributed by atoms with E-state index >= 15 is 0 Å². The highest BCUT2D eigenvalue weighted by Gasteiger charge is 2.35. The lowest BCUT2D eigenvalue weighted by Gasteiger charge is -2.26. The molecule has 0 saturated heterocycles. The van der Waals surface area contributed by atoms with E-state index in [0.717, 1.165) is 0 Å². The van der Waals surface area contributed by atoms with E-state index in [1.165, 1.54) is 12.4 Å². The van der Waals surface area contributed by atoms with Crippen LogP contribution in [0, 0.1) is 5.41 Å². The lowest BCUT2D eigenvalue weighted by atomic mass is 9.82. The van der Waals surface area contributed by atoms with Crippen molar-refractivity contribution < 1.29 is 14.7 Å². The van der Waals surface area contributed by atoms with Crippen molar-refractivity contribution in [2.45, 2.75) is 26.7 Å². The molecule has 1 rings (SSSR count). The average molecular weight is 250 g/mol. The minimum Gasteiger partial charge on any atom is -0.481 e. The van der Waals surface area contributed by atoms with Crippen LogP contribution in [0.15, 0.2) is 24.5 Å². The van der Waals surface area contributed by atoms with Crippen molar-refractivity contribution in [2.75, 3.05) is 6.54 Å². The molecule has 0 saturated carbocycles. The minimum absolute atomic E-state index is 0.135. The molecule has 0 aliphatic heterocycles. The summed E-state index contributed by atoms with van der Waals surface area (Å²) in [6.45, 7) is 3.77. The Morgan fingerprint density at radius 1 is 1.28 bits per heavy atom. The number of carboxylic acids is 1. The molecule has 5 nitrogen and oxygen atoms in total. The van der Waals surface area contributed by atoms with Crippen LogP contribution in [0.25, 0.3) is 0 Å². The standard InChI is InChI=1S/C13H18N2O3/c1-3-13(4-2,12(17)18)9-15-11(16)10-5-7-14-8-6-10/h5-8H,3-4,9H2,1-2H3,(H,15,16)(H,17,18). The number of hydrogen-bond donors (Lipinski definition) is 2. The van der Waals surface area contributed by atoms with E-state index in [1.54, 1.807) is 12.1 Å². The van der Waals surface area contributed by atoms with Crippen LogP contribution in [0.1, 0.15) is 37.0 Å². The van der Waals surface area contributed by atoms with Crippen molar-refractivity contribution in [2.24, 2.45) is 5.41 Å². The molecule has 98 valence electrons. The Bertz CT molecular complexity index is 414. The van der Waals surface area contributed by atoms with Crippen LogP contribution < -0.4 is 5.32 Å². The number of aromatic nitrogens is 1. The van der Waals surface area contributed by atoms with Crippen molar-refractivity contribution in [1.82, 2.24) is 10.3 Å². The molecule has 1 aromatic rings. The van der Waals surface area contributed by atoms with Crippen LogP contribution >= 0.6 is 0 Å². The highest BCUT2D eigenvalue weighted by Crippen LogP contribution is 2.25. The molecule has 0 aromatic carbocycles. The molecular formula is C13H18N2O3. The second-order valence-electron chi connectivity index (χ2n) is 4.21. The van der Waals surface area contributed by atoms with Gasteiger partial charge in [0.15, 0.2) is 0 Å². The molecule has 2 N–H and O–H groups in total. The SMILES string of the molecule is CCC(CC)(CNC(=O)c1ccncc1)C(=O)O. The molecule has 0 aliphatic carbocycles. The second kappa shape index (κ2) is 6.14. The fraction of sp³-hybridized carbons (Fsp3) is 0.462. The van der Waals surface area contributed by atoms with Crippen molar-refractivity contribution in [3.05, 3.63) is 30.1 Å². The van der Waals surface area contributed by atoms with E-state index in [-0.39, 0.29) is 12.5 Å². The van der Waals surface area contributed by atoms with Gasteiger partial charge >= 0.3 is 5.97 Å². The average Bonchev–Trinajstić information content (AvgIpc) is 2.41. The summed E-state index contributed by atoms with van der Waals surface area (Å²) in [5.41, 5.74) is -0.403. The van der Waals surface area contributed by atoms with Crippen LogP contribution in [0.5, 0.6) is 0 Å². The topological polar surface area (TPSA) is 79.3 Å². The quantitative estimate of drug-likeness (QED) is 0.805. The molecule has 0 unspecified atom stereocenters. The maximum Gasteiger partial charge on any atom is 0.311 e. The summed E-state index contributed by atoms with van der Waals surface area (Å²) in [4.78, 5) is 26.9. The smallest absolute Gasteiger partial charge is 0.311 e. The molecule has 18 heavy (non-hydrogen) atoms. The van der Waals surface area contributed by atoms with Crippen LogP contribution in [-0.4, -0.2) is 28.5 Å². The molecule has 0 atom stereocenters. The number of nitrogens with one attached hydrogen (secondary N) is 1. The number of carboxylic acid groups (broad SMARTS) is 1. The predicted molar refractivity (Wildman–Crippen MR) is 67.2 cm³/mol. The molecule has 0 aliphatic rings. The van der Waals surface area contributed by atoms with Gasteiger partial charge in [-0.15, -0.1) is 0 Å². The highest BCUT2D eigenvalue weighted by molar-refractivity contribution is 5.94. The van der Waals surface area contributed by atoms with Gasteiger partial charge < -0.3 is 10.4 Å². The van der Waals surface area contributed by atoms with Gasteiger partial charge in [0.25, 0.3) is 5.91 Å². The van der Waals surface area contributed by atoms with Gasteiger partial charge in [-0.1, -0.05) is 13.8 Å². The number of amides is 1. The second-order valence-corrected chi connectivity index (χ2v) is 4.21. The van der Waals surface area contributed by atoms with Crippen LogP contribution in [0.4, 0.5) is 0 Å². The third kappa shape index (κ3) is 3.06. The maximum atomic E-state index is 11.8. The Morgan fingerprint density at radius 2 is 1.83 bits per heavy atom. The van der Waals surface area contributed by atoms with Crippen LogP contribution in [-0.2, 0) is 4.79 Å². The first-order valence-corrected chi connectivity index (χ1v) is 5.97. The number of rotatable bonds is 6. The lowest BCUT2D eigenvalue weighted by Crippen LogP contribution is -2.42. The van der Waals surface area contributed by atoms with Gasteiger partial charge in [0.05, 0.1) is 5.41 Å². The molecule has 0 bridgehead atoms. The number of aliphatic carboxylic acids is 1. The number of carbonyl (C=O) groups is 2. The van der Waals surface area contributed by atoms with Gasteiger partial charge in [-0.3, -0.25) is 14.6 Å². The molecule has 0 fully saturated rings. The molecule has 1 heterocycles. The summed E-state index contributed by atoms with van der Waals surface area (Å²) in [6, 6.07) is 3.19. The van der Waals surface area contributed by atoms with Gasteiger partial charge in [-0.05, 0) is 25.0 Å². The zero-order valence-electron chi connectivity index (χ0n) is 10.6. The fourth-order valence-corrected chi connectivity index (χ4v) is 1.73. The Labute approximate surface area is 106 Å². The van der Waals surface area contributed by atoms with Crippen LogP contribution in [0.3, 0.4) is 0 Å². The van der Waals surface area contributed by atoms with Crippen molar-refractivity contribution in [3.8, 4) is 0 Å². The summed E-state index contributed by atoms with van der Waals surface area (Å²) in [7, 11) is 0. The molecule has 1 amide bonds. The number of pyridine rings is 1. The minimum atomic E-state index is -0.886. The summed E-state index contributed by atoms with van der Waals surface area (Å²) >= 11 is 0. The normalized spacial score (nSPS) is 11.0. The lowest BCUT2D eigenvalue weighted by molar-refractivity contribution is -0.149. The van der Waals surface area contributed by atoms with E-state index in [9.17, 15) is 14.7 Å². The fourth-order valence-electron chi connectivity index (χ4n) is 1.73. The van der Waals surface area contributed by atoms with E-state index in [1.807, 2.05) is 13.8 Å². The number of hydrogen-bond acceptors (Lipinski definition) is 3. The first-order chi connectivity index (χ1) is 8.55. The van der Waals surface area contributed by atoms with E-state index in [4.69, 9.17) is 0 Å². The third-order valence-electron chi connectivity index (χ3n) is 3.34. The van der Waals surface area contributed by atoms with Crippen molar-refractivity contribution in [3.63, 3.8) is 0 Å². The van der Waals surface area contributed by atoms with E-state index in [2.05, 4.69) is 10.3 Å². The number of nitrogens with zero attached hydrogens (tertiary/aromatic N) is 1. The van der Waals surface area contributed by atoms with Crippen molar-refractivity contribution in [1.29, 1.82) is 0 Å². The largest absolute Gasteiger partial charge is 0.481 e. The third-order valence-corrected chi connectivity index (χ3v) is 3.34. The van der Waals surface area contributed by atoms with Gasteiger partial charge in [-0.2, -0.15) is 0 Å². The van der Waals surface area contributed by atoms with Gasteiger partial charge in [0.2, 0.25) is 0 Å². The van der Waals surface area contributed by atoms with E-state index in [0.29, 0.717) is 18.4 Å². The predicted octanol–water partition coefficient (Wildman–Crippen LogP) is 1.70. The molecule has 0 radical (unpaired) electrons. The first kappa shape index (κ1) is 14.2. The summed E-state index contributed by atoms with van der Waals surface area (Å²) in [5.74, 6) is -1.15. The first-order valence-electron chi connectivity index (χ1n) is 5.97. The molecule has 0 spiro atoms. The zero-order chi connectivity index (χ0) is 13.6. The maximum absolute atomic E-state index is 11.8. The molecule has 1 aromatic heterocycles. The summed E-state index contributed by atoms with van der Waals surface area (Å²) in [6.07, 6.45) is 4.02. The summed E-state index contributed by atoms with van der Waals surface area (Å²) < 4.78 is 0. The Kier molecular flexibility index (Phi) is 4.83. The van der Waals surface area contributed by atoms with Crippen LogP contribution in [0.2, 0.25) is 0 Å². The number of carbonyl (C=O) groups excluding carboxylic acids is 1. The monoisotopic (exact) mass is 250 g/mol. The Hall–Kier alpha value is -1.91. The van der Waals surface area contributed by atoms with E-state index < -0.39 is 11.4 Å². The summed E-state index contributed by atoms with van der Waals surface area (Å²) in [5, 5.41) is 11.9. The van der Waals surface area contributed by atoms with Crippen molar-refractivity contribution >= 4 is 11.9 Å². The van der Waals surface area contributed by atoms with Gasteiger partial charge in [0.1, 0.15) is 0 Å². The van der Waals surface area contributed by atoms with Gasteiger partial charge in [-0.25, -0.2) is 0 Å². The zero-order valence-corrected chi connectivity index (χ0v) is 10.6. The highest BCUT2D eigenvalue weighted by atomic mass is 16.4. The Morgan fingerprint density at radius 3 is 2.28 bits per heavy atom. The Balaban J connectivity index is 2.69. The molecular weight excluding hydrogens is 232 g/mol. The van der Waals surface area contributed by atoms with Gasteiger partial charge in [0, 0.05) is 24.5 Å².